The first-order chi connectivity index (χ1) is 12.7. The molecule has 0 bridgehead atoms. The lowest BCUT2D eigenvalue weighted by Gasteiger charge is -2.16. The summed E-state index contributed by atoms with van der Waals surface area (Å²) in [5.74, 6) is -0.762. The average molecular weight is 364 g/mol. The smallest absolute Gasteiger partial charge is 0.331 e. The molecule has 1 aromatic heterocycles. The Morgan fingerprint density at radius 3 is 2.85 bits per heavy atom. The zero-order valence-electron chi connectivity index (χ0n) is 13.9. The topological polar surface area (TPSA) is 59.5 Å². The standard InChI is InChI=1S/C20H16N2O3S/c23-19(22-12-11-14-5-1-3-7-16(14)22)13-25-20(24)10-9-18-21-15-6-2-4-8-17(15)26-18/h1-10H,11-13H2. The van der Waals surface area contributed by atoms with Crippen LogP contribution in [0, 0.1) is 0 Å². The molecule has 130 valence electrons. The fraction of sp³-hybridized carbons (Fsp3) is 0.150. The van der Waals surface area contributed by atoms with Crippen LogP contribution >= 0.6 is 11.3 Å². The van der Waals surface area contributed by atoms with E-state index in [4.69, 9.17) is 4.74 Å². The van der Waals surface area contributed by atoms with Crippen LogP contribution < -0.4 is 4.90 Å². The van der Waals surface area contributed by atoms with Gasteiger partial charge in [0, 0.05) is 18.3 Å². The van der Waals surface area contributed by atoms with Gasteiger partial charge in [-0.3, -0.25) is 4.79 Å². The first kappa shape index (κ1) is 16.5. The van der Waals surface area contributed by atoms with Crippen molar-refractivity contribution in [3.8, 4) is 0 Å². The maximum Gasteiger partial charge on any atom is 0.331 e. The van der Waals surface area contributed by atoms with Gasteiger partial charge in [-0.15, -0.1) is 11.3 Å². The van der Waals surface area contributed by atoms with E-state index >= 15 is 0 Å². The number of aromatic nitrogens is 1. The van der Waals surface area contributed by atoms with Crippen LogP contribution in [0.25, 0.3) is 16.3 Å². The number of rotatable bonds is 4. The van der Waals surface area contributed by atoms with E-state index in [0.29, 0.717) is 6.54 Å². The number of para-hydroxylation sites is 2. The van der Waals surface area contributed by atoms with Crippen LogP contribution in [0.4, 0.5) is 5.69 Å². The van der Waals surface area contributed by atoms with Crippen LogP contribution in [-0.4, -0.2) is 30.0 Å². The second-order valence-corrected chi connectivity index (χ2v) is 6.95. The summed E-state index contributed by atoms with van der Waals surface area (Å²) in [5.41, 5.74) is 2.94. The molecule has 0 atom stereocenters. The van der Waals surface area contributed by atoms with Crippen LogP contribution in [-0.2, 0) is 20.7 Å². The lowest BCUT2D eigenvalue weighted by atomic mass is 10.2. The van der Waals surface area contributed by atoms with Gasteiger partial charge in [-0.1, -0.05) is 30.3 Å². The molecule has 6 heteroatoms. The van der Waals surface area contributed by atoms with Gasteiger partial charge < -0.3 is 9.64 Å². The van der Waals surface area contributed by atoms with Crippen LogP contribution in [0.15, 0.2) is 54.6 Å². The van der Waals surface area contributed by atoms with Crippen molar-refractivity contribution in [2.45, 2.75) is 6.42 Å². The van der Waals surface area contributed by atoms with E-state index in [1.165, 1.54) is 17.4 Å². The number of carbonyl (C=O) groups is 2. The van der Waals surface area contributed by atoms with Gasteiger partial charge in [-0.05, 0) is 36.3 Å². The van der Waals surface area contributed by atoms with Crippen molar-refractivity contribution in [1.29, 1.82) is 0 Å². The predicted octanol–water partition coefficient (Wildman–Crippen LogP) is 3.44. The van der Waals surface area contributed by atoms with Gasteiger partial charge in [0.15, 0.2) is 6.61 Å². The van der Waals surface area contributed by atoms with Crippen LogP contribution in [0.5, 0.6) is 0 Å². The zero-order chi connectivity index (χ0) is 17.9. The Morgan fingerprint density at radius 1 is 1.15 bits per heavy atom. The van der Waals surface area contributed by atoms with Gasteiger partial charge in [0.2, 0.25) is 0 Å². The van der Waals surface area contributed by atoms with Gasteiger partial charge in [-0.2, -0.15) is 0 Å². The minimum atomic E-state index is -0.551. The van der Waals surface area contributed by atoms with E-state index in [9.17, 15) is 9.59 Å². The van der Waals surface area contributed by atoms with Crippen molar-refractivity contribution in [1.82, 2.24) is 4.98 Å². The van der Waals surface area contributed by atoms with Gasteiger partial charge >= 0.3 is 5.97 Å². The van der Waals surface area contributed by atoms with Gasteiger partial charge in [0.25, 0.3) is 5.91 Å². The van der Waals surface area contributed by atoms with Crippen molar-refractivity contribution >= 4 is 45.2 Å². The highest BCUT2D eigenvalue weighted by molar-refractivity contribution is 7.19. The van der Waals surface area contributed by atoms with E-state index in [1.54, 1.807) is 11.0 Å². The minimum Gasteiger partial charge on any atom is -0.452 e. The number of hydrogen-bond donors (Lipinski definition) is 0. The number of fused-ring (bicyclic) bond motifs is 2. The first-order valence-corrected chi connectivity index (χ1v) is 9.11. The SMILES string of the molecule is O=C(C=Cc1nc2ccccc2s1)OCC(=O)N1CCc2ccccc21. The summed E-state index contributed by atoms with van der Waals surface area (Å²) in [6, 6.07) is 15.6. The molecule has 1 amide bonds. The highest BCUT2D eigenvalue weighted by atomic mass is 32.1. The molecule has 1 aliphatic heterocycles. The third-order valence-electron chi connectivity index (χ3n) is 4.20. The molecule has 1 aliphatic rings. The fourth-order valence-electron chi connectivity index (χ4n) is 2.96. The predicted molar refractivity (Wildman–Crippen MR) is 102 cm³/mol. The number of amides is 1. The van der Waals surface area contributed by atoms with Gasteiger partial charge in [0.05, 0.1) is 10.2 Å². The summed E-state index contributed by atoms with van der Waals surface area (Å²) in [6.07, 6.45) is 3.75. The molecule has 0 N–H and O–H groups in total. The van der Waals surface area contributed by atoms with E-state index in [0.717, 1.165) is 32.9 Å². The monoisotopic (exact) mass is 364 g/mol. The van der Waals surface area contributed by atoms with Crippen LogP contribution in [0.1, 0.15) is 10.6 Å². The molecule has 5 nitrogen and oxygen atoms in total. The average Bonchev–Trinajstić information content (AvgIpc) is 3.28. The molecule has 0 spiro atoms. The largest absolute Gasteiger partial charge is 0.452 e. The minimum absolute atomic E-state index is 0.211. The third kappa shape index (κ3) is 3.36. The molecule has 26 heavy (non-hydrogen) atoms. The zero-order valence-corrected chi connectivity index (χ0v) is 14.7. The summed E-state index contributed by atoms with van der Waals surface area (Å²) in [5, 5.41) is 0.725. The van der Waals surface area contributed by atoms with Crippen molar-refractivity contribution < 1.29 is 14.3 Å². The Balaban J connectivity index is 1.34. The van der Waals surface area contributed by atoms with Crippen molar-refractivity contribution in [2.75, 3.05) is 18.1 Å². The normalized spacial score (nSPS) is 13.3. The number of esters is 1. The van der Waals surface area contributed by atoms with E-state index in [-0.39, 0.29) is 12.5 Å². The van der Waals surface area contributed by atoms with Crippen molar-refractivity contribution in [3.63, 3.8) is 0 Å². The molecule has 0 saturated heterocycles. The van der Waals surface area contributed by atoms with E-state index < -0.39 is 5.97 Å². The summed E-state index contributed by atoms with van der Waals surface area (Å²) in [7, 11) is 0. The van der Waals surface area contributed by atoms with Crippen LogP contribution in [0.2, 0.25) is 0 Å². The number of carbonyl (C=O) groups excluding carboxylic acids is 2. The number of thiazole rings is 1. The molecule has 3 aromatic rings. The van der Waals surface area contributed by atoms with Crippen LogP contribution in [0.3, 0.4) is 0 Å². The summed E-state index contributed by atoms with van der Waals surface area (Å²) < 4.78 is 6.15. The molecule has 4 rings (SSSR count). The summed E-state index contributed by atoms with van der Waals surface area (Å²) in [6.45, 7) is 0.356. The lowest BCUT2D eigenvalue weighted by Crippen LogP contribution is -2.33. The number of anilines is 1. The molecule has 0 saturated carbocycles. The van der Waals surface area contributed by atoms with E-state index in [2.05, 4.69) is 4.98 Å². The molecular formula is C20H16N2O3S. The van der Waals surface area contributed by atoms with Crippen molar-refractivity contribution in [2.24, 2.45) is 0 Å². The number of nitrogens with zero attached hydrogens (tertiary/aromatic N) is 2. The number of hydrogen-bond acceptors (Lipinski definition) is 5. The van der Waals surface area contributed by atoms with Gasteiger partial charge in [-0.25, -0.2) is 9.78 Å². The molecular weight excluding hydrogens is 348 g/mol. The quantitative estimate of drug-likeness (QED) is 0.526. The van der Waals surface area contributed by atoms with E-state index in [1.807, 2.05) is 48.5 Å². The van der Waals surface area contributed by atoms with Gasteiger partial charge in [0.1, 0.15) is 5.01 Å². The molecule has 0 aliphatic carbocycles. The molecule has 0 unspecified atom stereocenters. The Morgan fingerprint density at radius 2 is 1.96 bits per heavy atom. The fourth-order valence-corrected chi connectivity index (χ4v) is 3.83. The maximum absolute atomic E-state index is 12.3. The third-order valence-corrected chi connectivity index (χ3v) is 5.20. The number of ether oxygens (including phenoxy) is 1. The second-order valence-electron chi connectivity index (χ2n) is 5.88. The number of benzene rings is 2. The molecule has 0 radical (unpaired) electrons. The lowest BCUT2D eigenvalue weighted by molar-refractivity contribution is -0.142. The highest BCUT2D eigenvalue weighted by Gasteiger charge is 2.24. The van der Waals surface area contributed by atoms with Crippen molar-refractivity contribution in [3.05, 3.63) is 65.2 Å². The first-order valence-electron chi connectivity index (χ1n) is 8.29. The second kappa shape index (κ2) is 7.09. The Kier molecular flexibility index (Phi) is 4.50. The molecule has 2 heterocycles. The summed E-state index contributed by atoms with van der Waals surface area (Å²) in [4.78, 5) is 30.3. The highest BCUT2D eigenvalue weighted by Crippen LogP contribution is 2.27. The summed E-state index contributed by atoms with van der Waals surface area (Å²) >= 11 is 1.50. The Hall–Kier alpha value is -2.99. The molecule has 2 aromatic carbocycles. The Labute approximate surface area is 154 Å². The maximum atomic E-state index is 12.3. The molecule has 0 fully saturated rings. The Bertz CT molecular complexity index is 976.